The van der Waals surface area contributed by atoms with E-state index in [9.17, 15) is 23.7 Å². The Morgan fingerprint density at radius 2 is 2.31 bits per heavy atom. The molecule has 0 fully saturated rings. The van der Waals surface area contributed by atoms with E-state index in [1.54, 1.807) is 0 Å². The number of alkyl halides is 1. The Hall–Kier alpha value is -1.59. The van der Waals surface area contributed by atoms with Crippen molar-refractivity contribution in [2.24, 2.45) is 5.92 Å². The highest BCUT2D eigenvalue weighted by molar-refractivity contribution is 5.60. The summed E-state index contributed by atoms with van der Waals surface area (Å²) in [5.41, 5.74) is 0. The van der Waals surface area contributed by atoms with Crippen molar-refractivity contribution in [3.8, 4) is 0 Å². The Labute approximate surface area is 71.7 Å². The number of nitrogens with zero attached hydrogens (tertiary/aromatic N) is 1. The molecule has 0 heterocycles. The first-order chi connectivity index (χ1) is 6.03. The van der Waals surface area contributed by atoms with Gasteiger partial charge in [0.1, 0.15) is 12.2 Å². The number of hydrogen-bond donors (Lipinski definition) is 0. The van der Waals surface area contributed by atoms with Crippen molar-refractivity contribution in [3.63, 3.8) is 0 Å². The van der Waals surface area contributed by atoms with Crippen molar-refractivity contribution in [1.29, 1.82) is 0 Å². The summed E-state index contributed by atoms with van der Waals surface area (Å²) in [7, 11) is 0. The molecule has 70 valence electrons. The number of carbonyl (C=O) groups is 1. The Kier molecular flexibility index (Phi) is 2.22. The van der Waals surface area contributed by atoms with E-state index in [2.05, 4.69) is 0 Å². The van der Waals surface area contributed by atoms with Crippen LogP contribution in [0.25, 0.3) is 0 Å². The molecule has 0 radical (unpaired) electrons. The van der Waals surface area contributed by atoms with Crippen molar-refractivity contribution in [2.75, 3.05) is 0 Å². The maximum atomic E-state index is 13.3. The van der Waals surface area contributed by atoms with Crippen molar-refractivity contribution >= 4 is 6.29 Å². The lowest BCUT2D eigenvalue weighted by molar-refractivity contribution is -0.601. The summed E-state index contributed by atoms with van der Waals surface area (Å²) < 4.78 is 26.1. The van der Waals surface area contributed by atoms with Crippen LogP contribution in [0.1, 0.15) is 0 Å². The van der Waals surface area contributed by atoms with Gasteiger partial charge in [-0.3, -0.25) is 10.1 Å². The number of nitro groups is 1. The van der Waals surface area contributed by atoms with Gasteiger partial charge in [0, 0.05) is 0 Å². The van der Waals surface area contributed by atoms with Gasteiger partial charge in [-0.25, -0.2) is 4.39 Å². The number of carbonyl (C=O) groups excluding carboxylic acids is 1. The van der Waals surface area contributed by atoms with E-state index in [1.807, 2.05) is 0 Å². The van der Waals surface area contributed by atoms with Gasteiger partial charge in [-0.05, 0) is 6.08 Å². The second kappa shape index (κ2) is 3.04. The number of allylic oxidation sites excluding steroid dienone is 2. The lowest BCUT2D eigenvalue weighted by atomic mass is 9.93. The summed E-state index contributed by atoms with van der Waals surface area (Å²) in [5.74, 6) is -6.69. The normalized spacial score (nSPS) is 32.5. The lowest BCUT2D eigenvalue weighted by Gasteiger charge is -2.20. The van der Waals surface area contributed by atoms with Crippen LogP contribution < -0.4 is 0 Å². The molecule has 0 saturated heterocycles. The Morgan fingerprint density at radius 3 is 2.69 bits per heavy atom. The molecule has 0 aromatic carbocycles. The second-order valence-electron chi connectivity index (χ2n) is 2.49. The summed E-state index contributed by atoms with van der Waals surface area (Å²) in [5, 5.41) is 10.2. The number of hydrogen-bond acceptors (Lipinski definition) is 3. The van der Waals surface area contributed by atoms with Crippen LogP contribution in [0.15, 0.2) is 24.1 Å². The van der Waals surface area contributed by atoms with Gasteiger partial charge in [0.25, 0.3) is 0 Å². The highest BCUT2D eigenvalue weighted by Gasteiger charge is 2.56. The Balaban J connectivity index is 3.17. The molecular formula is C7H5F2NO3. The molecule has 0 aliphatic heterocycles. The second-order valence-corrected chi connectivity index (χ2v) is 2.49. The van der Waals surface area contributed by atoms with Crippen LogP contribution in [0.5, 0.6) is 0 Å². The zero-order valence-electron chi connectivity index (χ0n) is 6.31. The lowest BCUT2D eigenvalue weighted by Crippen LogP contribution is -2.43. The number of halogens is 2. The predicted molar refractivity (Wildman–Crippen MR) is 38.7 cm³/mol. The molecule has 2 unspecified atom stereocenters. The highest BCUT2D eigenvalue weighted by atomic mass is 19.2. The van der Waals surface area contributed by atoms with Crippen LogP contribution in [0.3, 0.4) is 0 Å². The maximum Gasteiger partial charge on any atom is 0.422 e. The van der Waals surface area contributed by atoms with E-state index >= 15 is 0 Å². The molecule has 4 nitrogen and oxygen atoms in total. The van der Waals surface area contributed by atoms with E-state index < -0.39 is 22.5 Å². The van der Waals surface area contributed by atoms with E-state index in [0.717, 1.165) is 12.2 Å². The molecule has 0 bridgehead atoms. The average Bonchev–Trinajstić information content (AvgIpc) is 2.09. The molecule has 0 aromatic rings. The predicted octanol–water partition coefficient (Wildman–Crippen LogP) is 1.17. The van der Waals surface area contributed by atoms with Crippen LogP contribution in [0.2, 0.25) is 0 Å². The van der Waals surface area contributed by atoms with Crippen LogP contribution in [-0.2, 0) is 4.79 Å². The zero-order chi connectivity index (χ0) is 10.1. The molecule has 0 spiro atoms. The maximum absolute atomic E-state index is 13.3. The molecule has 1 aliphatic carbocycles. The smallest absolute Gasteiger partial charge is 0.302 e. The van der Waals surface area contributed by atoms with Crippen LogP contribution >= 0.6 is 0 Å². The monoisotopic (exact) mass is 189 g/mol. The number of rotatable bonds is 2. The quantitative estimate of drug-likeness (QED) is 0.283. The molecular weight excluding hydrogens is 184 g/mol. The first kappa shape index (κ1) is 9.50. The molecule has 6 heteroatoms. The molecule has 0 N–H and O–H groups in total. The Morgan fingerprint density at radius 1 is 1.69 bits per heavy atom. The third kappa shape index (κ3) is 1.24. The first-order valence-electron chi connectivity index (χ1n) is 3.36. The van der Waals surface area contributed by atoms with Crippen molar-refractivity contribution < 1.29 is 18.5 Å². The summed E-state index contributed by atoms with van der Waals surface area (Å²) in [4.78, 5) is 19.0. The average molecular weight is 189 g/mol. The van der Waals surface area contributed by atoms with E-state index in [-0.39, 0.29) is 6.29 Å². The molecule has 0 amide bonds. The van der Waals surface area contributed by atoms with Crippen molar-refractivity contribution in [1.82, 2.24) is 0 Å². The molecule has 1 rings (SSSR count). The summed E-state index contributed by atoms with van der Waals surface area (Å²) >= 11 is 0. The first-order valence-corrected chi connectivity index (χ1v) is 3.36. The third-order valence-electron chi connectivity index (χ3n) is 1.75. The van der Waals surface area contributed by atoms with Crippen LogP contribution in [0, 0.1) is 16.0 Å². The SMILES string of the molecule is O=CC1C=CC=C(F)C1(F)[N+](=O)[O-]. The fraction of sp³-hybridized carbons (Fsp3) is 0.286. The van der Waals surface area contributed by atoms with E-state index in [1.165, 1.54) is 0 Å². The molecule has 13 heavy (non-hydrogen) atoms. The summed E-state index contributed by atoms with van der Waals surface area (Å²) in [6, 6.07) is 0. The Bertz CT molecular complexity index is 313. The van der Waals surface area contributed by atoms with Gasteiger partial charge in [-0.15, -0.1) is 0 Å². The summed E-state index contributed by atoms with van der Waals surface area (Å²) in [6.45, 7) is 0. The zero-order valence-corrected chi connectivity index (χ0v) is 6.31. The minimum absolute atomic E-state index is 0.00583. The fourth-order valence-corrected chi connectivity index (χ4v) is 1.01. The third-order valence-corrected chi connectivity index (χ3v) is 1.75. The van der Waals surface area contributed by atoms with Gasteiger partial charge in [0.15, 0.2) is 0 Å². The highest BCUT2D eigenvalue weighted by Crippen LogP contribution is 2.34. The minimum Gasteiger partial charge on any atom is -0.302 e. The molecule has 0 aromatic heterocycles. The van der Waals surface area contributed by atoms with Crippen molar-refractivity contribution in [3.05, 3.63) is 34.2 Å². The number of aldehydes is 1. The minimum atomic E-state index is -3.43. The van der Waals surface area contributed by atoms with Gasteiger partial charge in [0.2, 0.25) is 5.83 Å². The van der Waals surface area contributed by atoms with Gasteiger partial charge in [-0.2, -0.15) is 4.39 Å². The molecule has 0 saturated carbocycles. The molecule has 1 aliphatic rings. The van der Waals surface area contributed by atoms with Gasteiger partial charge in [0.05, 0.1) is 4.92 Å². The topological polar surface area (TPSA) is 60.2 Å². The van der Waals surface area contributed by atoms with Crippen molar-refractivity contribution in [2.45, 2.75) is 5.79 Å². The van der Waals surface area contributed by atoms with Crippen LogP contribution in [-0.4, -0.2) is 17.0 Å². The van der Waals surface area contributed by atoms with Gasteiger partial charge < -0.3 is 4.79 Å². The van der Waals surface area contributed by atoms with Crippen LogP contribution in [0.4, 0.5) is 8.78 Å². The van der Waals surface area contributed by atoms with E-state index in [0.29, 0.717) is 6.08 Å². The summed E-state index contributed by atoms with van der Waals surface area (Å²) in [6.07, 6.45) is 2.64. The van der Waals surface area contributed by atoms with Gasteiger partial charge >= 0.3 is 5.79 Å². The molecule has 2 atom stereocenters. The van der Waals surface area contributed by atoms with Gasteiger partial charge in [-0.1, -0.05) is 12.2 Å². The standard InChI is InChI=1S/C7H5F2NO3/c8-6-3-1-2-5(4-11)7(6,9)10(12)13/h1-5H. The largest absolute Gasteiger partial charge is 0.422 e. The van der Waals surface area contributed by atoms with E-state index in [4.69, 9.17) is 0 Å². The fourth-order valence-electron chi connectivity index (χ4n) is 1.01.